The minimum atomic E-state index is -1.01. The van der Waals surface area contributed by atoms with E-state index < -0.39 is 35.7 Å². The summed E-state index contributed by atoms with van der Waals surface area (Å²) in [5.74, 6) is 0.181. The second-order valence-corrected chi connectivity index (χ2v) is 9.91. The summed E-state index contributed by atoms with van der Waals surface area (Å²) in [5.41, 5.74) is 1.18. The number of benzene rings is 1. The lowest BCUT2D eigenvalue weighted by Crippen LogP contribution is -2.45. The molecule has 1 aromatic rings. The fraction of sp³-hybridized carbons (Fsp3) is 0.680. The smallest absolute Gasteiger partial charge is 0.410 e. The average Bonchev–Trinajstić information content (AvgIpc) is 2.74. The van der Waals surface area contributed by atoms with Crippen molar-refractivity contribution in [2.75, 3.05) is 27.9 Å². The fourth-order valence-corrected chi connectivity index (χ4v) is 4.28. The summed E-state index contributed by atoms with van der Waals surface area (Å²) < 4.78 is 21.6. The molecule has 1 aliphatic heterocycles. The number of hydrogen-bond acceptors (Lipinski definition) is 7. The van der Waals surface area contributed by atoms with Crippen molar-refractivity contribution < 1.29 is 33.6 Å². The van der Waals surface area contributed by atoms with Gasteiger partial charge in [0, 0.05) is 6.54 Å². The molecule has 8 heteroatoms. The Morgan fingerprint density at radius 1 is 1.12 bits per heavy atom. The molecule has 0 spiro atoms. The number of methoxy groups -OCH3 is 3. The van der Waals surface area contributed by atoms with Crippen LogP contribution in [0.5, 0.6) is 11.5 Å². The first kappa shape index (κ1) is 26.8. The first-order valence-electron chi connectivity index (χ1n) is 11.4. The molecule has 1 aromatic carbocycles. The van der Waals surface area contributed by atoms with Crippen molar-refractivity contribution in [2.45, 2.75) is 71.6 Å². The van der Waals surface area contributed by atoms with Crippen molar-refractivity contribution in [3.8, 4) is 11.5 Å². The molecule has 0 unspecified atom stereocenters. The number of aliphatic hydroxyl groups excluding tert-OH is 1. The van der Waals surface area contributed by atoms with Gasteiger partial charge < -0.3 is 29.0 Å². The molecule has 8 nitrogen and oxygen atoms in total. The van der Waals surface area contributed by atoms with E-state index in [-0.39, 0.29) is 12.3 Å². The highest BCUT2D eigenvalue weighted by molar-refractivity contribution is 5.73. The number of nitrogens with zero attached hydrogens (tertiary/aromatic N) is 1. The van der Waals surface area contributed by atoms with Crippen molar-refractivity contribution in [1.29, 1.82) is 0 Å². The maximum Gasteiger partial charge on any atom is 0.410 e. The van der Waals surface area contributed by atoms with Crippen molar-refractivity contribution in [2.24, 2.45) is 11.8 Å². The third-order valence-electron chi connectivity index (χ3n) is 5.79. The van der Waals surface area contributed by atoms with E-state index in [4.69, 9.17) is 18.9 Å². The van der Waals surface area contributed by atoms with Crippen LogP contribution in [-0.4, -0.2) is 61.6 Å². The highest BCUT2D eigenvalue weighted by Gasteiger charge is 2.39. The number of hydrogen-bond donors (Lipinski definition) is 1. The molecule has 1 amide bonds. The van der Waals surface area contributed by atoms with Gasteiger partial charge in [-0.3, -0.25) is 4.79 Å². The SMILES string of the molecule is COC(=O)[C@H](CC(C)C)[C@@H](O)C[C@H]1c2cc(OC)c(OC)cc2CCN1C(=O)OC(C)(C)C. The number of carbonyl (C=O) groups excluding carboxylic acids is 2. The van der Waals surface area contributed by atoms with E-state index in [9.17, 15) is 14.7 Å². The number of amides is 1. The van der Waals surface area contributed by atoms with Gasteiger partial charge >= 0.3 is 12.1 Å². The maximum absolute atomic E-state index is 13.1. The summed E-state index contributed by atoms with van der Waals surface area (Å²) in [7, 11) is 4.45. The van der Waals surface area contributed by atoms with Gasteiger partial charge in [-0.25, -0.2) is 4.79 Å². The van der Waals surface area contributed by atoms with Crippen LogP contribution in [0.25, 0.3) is 0 Å². The van der Waals surface area contributed by atoms with Gasteiger partial charge in [-0.2, -0.15) is 0 Å². The molecular formula is C25H39NO7. The van der Waals surface area contributed by atoms with Crippen LogP contribution >= 0.6 is 0 Å². The Hall–Kier alpha value is -2.48. The molecule has 3 atom stereocenters. The minimum Gasteiger partial charge on any atom is -0.493 e. The summed E-state index contributed by atoms with van der Waals surface area (Å²) in [6.07, 6.45) is -0.221. The van der Waals surface area contributed by atoms with Gasteiger partial charge in [-0.1, -0.05) is 13.8 Å². The van der Waals surface area contributed by atoms with Gasteiger partial charge in [0.15, 0.2) is 11.5 Å². The molecule has 2 rings (SSSR count). The van der Waals surface area contributed by atoms with E-state index >= 15 is 0 Å². The molecule has 0 radical (unpaired) electrons. The third kappa shape index (κ3) is 6.76. The van der Waals surface area contributed by atoms with Gasteiger partial charge in [-0.15, -0.1) is 0 Å². The Kier molecular flexibility index (Phi) is 9.00. The molecule has 1 heterocycles. The van der Waals surface area contributed by atoms with E-state index in [0.29, 0.717) is 30.9 Å². The normalized spacial score (nSPS) is 17.8. The highest BCUT2D eigenvalue weighted by atomic mass is 16.6. The molecule has 0 aliphatic carbocycles. The number of ether oxygens (including phenoxy) is 4. The van der Waals surface area contributed by atoms with Gasteiger partial charge in [0.25, 0.3) is 0 Å². The Morgan fingerprint density at radius 2 is 1.73 bits per heavy atom. The number of rotatable bonds is 8. The van der Waals surface area contributed by atoms with E-state index in [2.05, 4.69) is 0 Å². The zero-order chi connectivity index (χ0) is 24.9. The topological polar surface area (TPSA) is 94.5 Å². The lowest BCUT2D eigenvalue weighted by molar-refractivity contribution is -0.150. The Morgan fingerprint density at radius 3 is 2.24 bits per heavy atom. The molecule has 0 fully saturated rings. The summed E-state index contributed by atoms with van der Waals surface area (Å²) in [5, 5.41) is 11.2. The fourth-order valence-electron chi connectivity index (χ4n) is 4.28. The Labute approximate surface area is 197 Å². The van der Waals surface area contributed by atoms with Crippen LogP contribution in [0, 0.1) is 11.8 Å². The molecule has 0 saturated carbocycles. The van der Waals surface area contributed by atoms with Crippen LogP contribution in [0.3, 0.4) is 0 Å². The molecule has 0 aromatic heterocycles. The van der Waals surface area contributed by atoms with Crippen LogP contribution in [0.4, 0.5) is 4.79 Å². The number of aliphatic hydroxyl groups is 1. The molecule has 1 aliphatic rings. The third-order valence-corrected chi connectivity index (χ3v) is 5.79. The number of fused-ring (bicyclic) bond motifs is 1. The standard InChI is InChI=1S/C25H39NO7/c1-15(2)11-18(23(28)32-8)20(27)14-19-17-13-22(31-7)21(30-6)12-16(17)9-10-26(19)24(29)33-25(3,4)5/h12-13,15,18-20,27H,9-11,14H2,1-8H3/t18-,19+,20+/m1/s1. The first-order valence-corrected chi connectivity index (χ1v) is 11.4. The second-order valence-electron chi connectivity index (χ2n) is 9.91. The molecule has 0 saturated heterocycles. The van der Waals surface area contributed by atoms with E-state index in [1.165, 1.54) is 7.11 Å². The van der Waals surface area contributed by atoms with Crippen LogP contribution < -0.4 is 9.47 Å². The number of esters is 1. The van der Waals surface area contributed by atoms with Crippen molar-refractivity contribution in [3.63, 3.8) is 0 Å². The summed E-state index contributed by atoms with van der Waals surface area (Å²) in [4.78, 5) is 27.2. The monoisotopic (exact) mass is 465 g/mol. The van der Waals surface area contributed by atoms with E-state index in [1.54, 1.807) is 19.1 Å². The van der Waals surface area contributed by atoms with E-state index in [0.717, 1.165) is 11.1 Å². The van der Waals surface area contributed by atoms with Gasteiger partial charge in [0.05, 0.1) is 39.4 Å². The summed E-state index contributed by atoms with van der Waals surface area (Å²) in [6.45, 7) is 9.84. The van der Waals surface area contributed by atoms with Gasteiger partial charge in [0.1, 0.15) is 5.60 Å². The van der Waals surface area contributed by atoms with Crippen LogP contribution in [0.1, 0.15) is 64.6 Å². The zero-order valence-electron chi connectivity index (χ0n) is 21.1. The predicted molar refractivity (Wildman–Crippen MR) is 125 cm³/mol. The highest BCUT2D eigenvalue weighted by Crippen LogP contribution is 2.41. The minimum absolute atomic E-state index is 0.161. The van der Waals surface area contributed by atoms with Gasteiger partial charge in [-0.05, 0) is 69.2 Å². The lowest BCUT2D eigenvalue weighted by atomic mass is 9.84. The van der Waals surface area contributed by atoms with Gasteiger partial charge in [0.2, 0.25) is 0 Å². The molecule has 186 valence electrons. The van der Waals surface area contributed by atoms with Crippen molar-refractivity contribution >= 4 is 12.1 Å². The summed E-state index contributed by atoms with van der Waals surface area (Å²) in [6, 6.07) is 3.25. The largest absolute Gasteiger partial charge is 0.493 e. The second kappa shape index (κ2) is 11.1. The Balaban J connectivity index is 2.48. The Bertz CT molecular complexity index is 831. The quantitative estimate of drug-likeness (QED) is 0.577. The van der Waals surface area contributed by atoms with Crippen LogP contribution in [0.15, 0.2) is 12.1 Å². The average molecular weight is 466 g/mol. The van der Waals surface area contributed by atoms with Crippen molar-refractivity contribution in [3.05, 3.63) is 23.3 Å². The molecule has 1 N–H and O–H groups in total. The van der Waals surface area contributed by atoms with Crippen LogP contribution in [0.2, 0.25) is 0 Å². The molecule has 33 heavy (non-hydrogen) atoms. The number of carbonyl (C=O) groups is 2. The molecule has 0 bridgehead atoms. The summed E-state index contributed by atoms with van der Waals surface area (Å²) >= 11 is 0. The predicted octanol–water partition coefficient (Wildman–Crippen LogP) is 4.12. The first-order chi connectivity index (χ1) is 15.4. The van der Waals surface area contributed by atoms with Crippen molar-refractivity contribution in [1.82, 2.24) is 4.90 Å². The van der Waals surface area contributed by atoms with E-state index in [1.807, 2.05) is 46.8 Å². The molecular weight excluding hydrogens is 426 g/mol. The van der Waals surface area contributed by atoms with Crippen LogP contribution in [-0.2, 0) is 20.7 Å². The lowest BCUT2D eigenvalue weighted by Gasteiger charge is -2.40. The zero-order valence-corrected chi connectivity index (χ0v) is 21.1. The maximum atomic E-state index is 13.1.